The molecule has 0 amide bonds. The standard InChI is InChI=1S/C15H20FNO/c1-17(2)10-12-6-7-14(18)9-15(12)11-4-3-5-13(16)8-11/h3-5,8,12,15H,6-7,9-10H2,1-2H3/t12-,15-/m0/s1. The average Bonchev–Trinajstić information content (AvgIpc) is 2.31. The van der Waals surface area contributed by atoms with E-state index in [0.29, 0.717) is 24.5 Å². The lowest BCUT2D eigenvalue weighted by molar-refractivity contribution is -0.121. The normalized spacial score (nSPS) is 24.6. The Morgan fingerprint density at radius 3 is 2.83 bits per heavy atom. The summed E-state index contributed by atoms with van der Waals surface area (Å²) < 4.78 is 13.3. The van der Waals surface area contributed by atoms with Crippen LogP contribution in [-0.2, 0) is 4.79 Å². The molecule has 0 bridgehead atoms. The monoisotopic (exact) mass is 249 g/mol. The van der Waals surface area contributed by atoms with Crippen LogP contribution in [-0.4, -0.2) is 31.3 Å². The molecule has 2 rings (SSSR count). The van der Waals surface area contributed by atoms with Crippen LogP contribution in [0, 0.1) is 11.7 Å². The Morgan fingerprint density at radius 2 is 2.17 bits per heavy atom. The number of hydrogen-bond donors (Lipinski definition) is 0. The molecule has 0 radical (unpaired) electrons. The van der Waals surface area contributed by atoms with Crippen LogP contribution in [0.5, 0.6) is 0 Å². The number of benzene rings is 1. The molecule has 0 unspecified atom stereocenters. The molecule has 1 aliphatic carbocycles. The maximum absolute atomic E-state index is 13.3. The van der Waals surface area contributed by atoms with Gasteiger partial charge in [-0.2, -0.15) is 0 Å². The lowest BCUT2D eigenvalue weighted by atomic mass is 9.74. The molecule has 98 valence electrons. The Labute approximate surface area is 108 Å². The smallest absolute Gasteiger partial charge is 0.133 e. The Morgan fingerprint density at radius 1 is 1.39 bits per heavy atom. The van der Waals surface area contributed by atoms with Gasteiger partial charge in [-0.05, 0) is 50.0 Å². The summed E-state index contributed by atoms with van der Waals surface area (Å²) in [5.74, 6) is 0.706. The van der Waals surface area contributed by atoms with Gasteiger partial charge in [0.1, 0.15) is 11.6 Å². The molecule has 0 aliphatic heterocycles. The minimum absolute atomic E-state index is 0.171. The zero-order chi connectivity index (χ0) is 13.1. The van der Waals surface area contributed by atoms with Gasteiger partial charge in [-0.15, -0.1) is 0 Å². The molecule has 2 atom stereocenters. The van der Waals surface area contributed by atoms with Crippen molar-refractivity contribution >= 4 is 5.78 Å². The highest BCUT2D eigenvalue weighted by molar-refractivity contribution is 5.80. The molecular weight excluding hydrogens is 229 g/mol. The first-order valence-electron chi connectivity index (χ1n) is 6.48. The van der Waals surface area contributed by atoms with E-state index in [9.17, 15) is 9.18 Å². The van der Waals surface area contributed by atoms with Gasteiger partial charge in [-0.1, -0.05) is 12.1 Å². The highest BCUT2D eigenvalue weighted by Crippen LogP contribution is 2.36. The van der Waals surface area contributed by atoms with Crippen LogP contribution in [0.15, 0.2) is 24.3 Å². The highest BCUT2D eigenvalue weighted by atomic mass is 19.1. The van der Waals surface area contributed by atoms with E-state index in [1.165, 1.54) is 6.07 Å². The Kier molecular flexibility index (Phi) is 4.12. The molecule has 1 aromatic carbocycles. The van der Waals surface area contributed by atoms with E-state index in [0.717, 1.165) is 18.5 Å². The molecule has 18 heavy (non-hydrogen) atoms. The largest absolute Gasteiger partial charge is 0.309 e. The Hall–Kier alpha value is -1.22. The molecule has 1 saturated carbocycles. The minimum Gasteiger partial charge on any atom is -0.309 e. The molecule has 1 fully saturated rings. The second-order valence-corrected chi connectivity index (χ2v) is 5.47. The molecule has 1 aromatic rings. The average molecular weight is 249 g/mol. The molecule has 1 aliphatic rings. The molecule has 2 nitrogen and oxygen atoms in total. The third-order valence-electron chi connectivity index (χ3n) is 3.69. The molecular formula is C15H20FNO. The Balaban J connectivity index is 2.22. The van der Waals surface area contributed by atoms with E-state index in [1.807, 2.05) is 20.2 Å². The van der Waals surface area contributed by atoms with Gasteiger partial charge >= 0.3 is 0 Å². The molecule has 0 heterocycles. The number of nitrogens with zero attached hydrogens (tertiary/aromatic N) is 1. The lowest BCUT2D eigenvalue weighted by Gasteiger charge is -2.33. The first kappa shape index (κ1) is 13.2. The van der Waals surface area contributed by atoms with E-state index >= 15 is 0 Å². The maximum Gasteiger partial charge on any atom is 0.133 e. The molecule has 0 N–H and O–H groups in total. The van der Waals surface area contributed by atoms with Crippen molar-refractivity contribution < 1.29 is 9.18 Å². The van der Waals surface area contributed by atoms with Gasteiger partial charge in [0.25, 0.3) is 0 Å². The van der Waals surface area contributed by atoms with Crippen LogP contribution in [0.3, 0.4) is 0 Å². The van der Waals surface area contributed by atoms with Crippen molar-refractivity contribution in [3.05, 3.63) is 35.6 Å². The molecule has 0 saturated heterocycles. The number of carbonyl (C=O) groups excluding carboxylic acids is 1. The second-order valence-electron chi connectivity index (χ2n) is 5.47. The minimum atomic E-state index is -0.214. The number of carbonyl (C=O) groups is 1. The highest BCUT2D eigenvalue weighted by Gasteiger charge is 2.30. The van der Waals surface area contributed by atoms with Crippen molar-refractivity contribution in [2.45, 2.75) is 25.2 Å². The van der Waals surface area contributed by atoms with E-state index < -0.39 is 0 Å². The predicted molar refractivity (Wildman–Crippen MR) is 70.0 cm³/mol. The summed E-state index contributed by atoms with van der Waals surface area (Å²) in [6.45, 7) is 0.953. The van der Waals surface area contributed by atoms with E-state index in [1.54, 1.807) is 12.1 Å². The lowest BCUT2D eigenvalue weighted by Crippen LogP contribution is -2.31. The second kappa shape index (κ2) is 5.61. The fourth-order valence-corrected chi connectivity index (χ4v) is 2.88. The van der Waals surface area contributed by atoms with Gasteiger partial charge in [0, 0.05) is 19.4 Å². The van der Waals surface area contributed by atoms with Crippen LogP contribution in [0.4, 0.5) is 4.39 Å². The summed E-state index contributed by atoms with van der Waals surface area (Å²) in [5, 5.41) is 0. The number of halogens is 1. The number of hydrogen-bond acceptors (Lipinski definition) is 2. The molecule has 3 heteroatoms. The summed E-state index contributed by atoms with van der Waals surface area (Å²) >= 11 is 0. The summed E-state index contributed by atoms with van der Waals surface area (Å²) in [5.41, 5.74) is 0.968. The fraction of sp³-hybridized carbons (Fsp3) is 0.533. The van der Waals surface area contributed by atoms with Gasteiger partial charge in [0.05, 0.1) is 0 Å². The van der Waals surface area contributed by atoms with Crippen LogP contribution < -0.4 is 0 Å². The third kappa shape index (κ3) is 3.16. The number of rotatable bonds is 3. The summed E-state index contributed by atoms with van der Waals surface area (Å²) in [6, 6.07) is 6.70. The predicted octanol–water partition coefficient (Wildman–Crippen LogP) is 2.84. The number of ketones is 1. The summed E-state index contributed by atoms with van der Waals surface area (Å²) in [4.78, 5) is 13.8. The summed E-state index contributed by atoms with van der Waals surface area (Å²) in [7, 11) is 4.08. The van der Waals surface area contributed by atoms with Crippen molar-refractivity contribution in [3.63, 3.8) is 0 Å². The fourth-order valence-electron chi connectivity index (χ4n) is 2.88. The molecule has 0 aromatic heterocycles. The van der Waals surface area contributed by atoms with Crippen molar-refractivity contribution in [3.8, 4) is 0 Å². The first-order valence-corrected chi connectivity index (χ1v) is 6.48. The molecule has 0 spiro atoms. The van der Waals surface area contributed by atoms with Crippen molar-refractivity contribution in [2.24, 2.45) is 5.92 Å². The topological polar surface area (TPSA) is 20.3 Å². The first-order chi connectivity index (χ1) is 8.56. The number of Topliss-reactive ketones (excluding diaryl/α,β-unsaturated/α-hetero) is 1. The van der Waals surface area contributed by atoms with E-state index in [4.69, 9.17) is 0 Å². The van der Waals surface area contributed by atoms with Crippen LogP contribution in [0.25, 0.3) is 0 Å². The van der Waals surface area contributed by atoms with E-state index in [-0.39, 0.29) is 11.7 Å². The van der Waals surface area contributed by atoms with Crippen molar-refractivity contribution in [1.29, 1.82) is 0 Å². The van der Waals surface area contributed by atoms with Crippen molar-refractivity contribution in [1.82, 2.24) is 4.90 Å². The van der Waals surface area contributed by atoms with Crippen LogP contribution in [0.1, 0.15) is 30.7 Å². The van der Waals surface area contributed by atoms with Crippen LogP contribution >= 0.6 is 0 Å². The summed E-state index contributed by atoms with van der Waals surface area (Å²) in [6.07, 6.45) is 2.14. The van der Waals surface area contributed by atoms with Gasteiger partial charge in [-0.25, -0.2) is 4.39 Å². The zero-order valence-corrected chi connectivity index (χ0v) is 11.0. The SMILES string of the molecule is CN(C)C[C@@H]1CCC(=O)C[C@H]1c1cccc(F)c1. The van der Waals surface area contributed by atoms with Gasteiger partial charge < -0.3 is 4.90 Å². The van der Waals surface area contributed by atoms with Gasteiger partial charge in [0.2, 0.25) is 0 Å². The third-order valence-corrected chi connectivity index (χ3v) is 3.69. The van der Waals surface area contributed by atoms with Gasteiger partial charge in [0.15, 0.2) is 0 Å². The van der Waals surface area contributed by atoms with E-state index in [2.05, 4.69) is 4.90 Å². The van der Waals surface area contributed by atoms with Crippen molar-refractivity contribution in [2.75, 3.05) is 20.6 Å². The van der Waals surface area contributed by atoms with Gasteiger partial charge in [-0.3, -0.25) is 4.79 Å². The zero-order valence-electron chi connectivity index (χ0n) is 11.0. The van der Waals surface area contributed by atoms with Crippen LogP contribution in [0.2, 0.25) is 0 Å². The Bertz CT molecular complexity index is 430. The maximum atomic E-state index is 13.3. The quantitative estimate of drug-likeness (QED) is 0.821.